The van der Waals surface area contributed by atoms with Crippen LogP contribution in [0.1, 0.15) is 31.8 Å². The topological polar surface area (TPSA) is 59.1 Å². The van der Waals surface area contributed by atoms with E-state index < -0.39 is 21.4 Å². The number of hydrogen-bond donors (Lipinski definition) is 1. The van der Waals surface area contributed by atoms with E-state index in [0.29, 0.717) is 3.67 Å². The van der Waals surface area contributed by atoms with Crippen molar-refractivity contribution in [3.63, 3.8) is 0 Å². The molecule has 1 aromatic carbocycles. The van der Waals surface area contributed by atoms with Crippen LogP contribution in [0.4, 0.5) is 4.79 Å². The third kappa shape index (κ3) is 2.46. The van der Waals surface area contributed by atoms with Crippen molar-refractivity contribution in [3.8, 4) is 0 Å². The molecule has 2 atom stereocenters. The fraction of sp³-hybridized carbons (Fsp3) is 0.278. The molecule has 2 unspecified atom stereocenters. The van der Waals surface area contributed by atoms with Crippen molar-refractivity contribution in [2.75, 3.05) is 0 Å². The summed E-state index contributed by atoms with van der Waals surface area (Å²) in [6.45, 7) is 2.07. The first-order valence-corrected chi connectivity index (χ1v) is 15.3. The van der Waals surface area contributed by atoms with E-state index in [-0.39, 0.29) is 16.4 Å². The number of carbonyl (C=O) groups excluding carboxylic acids is 2. The quantitative estimate of drug-likeness (QED) is 0.747. The fourth-order valence-corrected chi connectivity index (χ4v) is 19.5. The number of benzene rings is 1. The number of aryl methyl sites for hydroxylation is 2. The number of nitrogens with zero attached hydrogens (tertiary/aromatic N) is 1. The number of rotatable bonds is 4. The Hall–Kier alpha value is -1.05. The predicted molar refractivity (Wildman–Crippen MR) is 103 cm³/mol. The minimum absolute atomic E-state index is 0.0883. The van der Waals surface area contributed by atoms with Crippen molar-refractivity contribution in [2.45, 2.75) is 28.7 Å². The Kier molecular flexibility index (Phi) is 3.87. The summed E-state index contributed by atoms with van der Waals surface area (Å²) >= 11 is 0.625. The predicted octanol–water partition coefficient (Wildman–Crippen LogP) is 2.71. The molecule has 0 spiro atoms. The molecule has 4 nitrogen and oxygen atoms in total. The third-order valence-corrected chi connectivity index (χ3v) is 19.5. The van der Waals surface area contributed by atoms with Gasteiger partial charge in [-0.15, -0.1) is 0 Å². The molecule has 3 aliphatic rings. The molecule has 3 aliphatic heterocycles. The van der Waals surface area contributed by atoms with Crippen molar-refractivity contribution in [1.82, 2.24) is 10.3 Å². The Bertz CT molecular complexity index is 952. The molecule has 25 heavy (non-hydrogen) atoms. The van der Waals surface area contributed by atoms with Gasteiger partial charge in [-0.1, -0.05) is 0 Å². The van der Waals surface area contributed by atoms with E-state index >= 15 is 0 Å². The summed E-state index contributed by atoms with van der Waals surface area (Å²) in [6.07, 6.45) is 4.51. The maximum absolute atomic E-state index is 12.3. The average molecular weight is 470 g/mol. The summed E-state index contributed by atoms with van der Waals surface area (Å²) in [5.74, 6) is -0.0883. The van der Waals surface area contributed by atoms with E-state index in [0.717, 1.165) is 18.5 Å². The molecule has 0 aliphatic carbocycles. The van der Waals surface area contributed by atoms with E-state index in [9.17, 15) is 9.59 Å². The summed E-state index contributed by atoms with van der Waals surface area (Å²) < 4.78 is 3.43. The molecular formula is C18H15InN2O2S2. The van der Waals surface area contributed by atoms with Crippen LogP contribution in [-0.2, 0) is 11.2 Å². The standard InChI is InChI=1S/C18H15N2O2S2.In/c1-12-15(23-11-19-12)9-5-4-7-13-6-2-3-8-14(13)10-16-17(21)20-18(22)24-16;/h2-3,7-8,10-11,16H,5,9H2,1H3,(H,20,21,22);. The van der Waals surface area contributed by atoms with Gasteiger partial charge in [0.15, 0.2) is 0 Å². The summed E-state index contributed by atoms with van der Waals surface area (Å²) in [6, 6.07) is 6.56. The molecule has 0 saturated carbocycles. The second-order valence-corrected chi connectivity index (χ2v) is 17.5. The zero-order valence-corrected chi connectivity index (χ0v) is 18.5. The van der Waals surface area contributed by atoms with Crippen LogP contribution < -0.4 is 8.64 Å². The minimum atomic E-state index is -2.31. The number of aromatic nitrogens is 1. The van der Waals surface area contributed by atoms with Gasteiger partial charge >= 0.3 is 162 Å². The molecule has 5 rings (SSSR count). The Morgan fingerprint density at radius 1 is 1.28 bits per heavy atom. The van der Waals surface area contributed by atoms with Crippen LogP contribution in [0, 0.1) is 6.92 Å². The maximum atomic E-state index is 12.3. The van der Waals surface area contributed by atoms with Gasteiger partial charge in [0.25, 0.3) is 0 Å². The van der Waals surface area contributed by atoms with E-state index in [1.807, 2.05) is 5.51 Å². The van der Waals surface area contributed by atoms with Gasteiger partial charge in [0.1, 0.15) is 0 Å². The molecule has 1 fully saturated rings. The number of allylic oxidation sites excluding steroid dienone is 1. The zero-order chi connectivity index (χ0) is 17.1. The average Bonchev–Trinajstić information content (AvgIpc) is 3.28. The van der Waals surface area contributed by atoms with Gasteiger partial charge in [-0.3, -0.25) is 0 Å². The molecule has 2 amide bonds. The van der Waals surface area contributed by atoms with Crippen LogP contribution in [0.5, 0.6) is 0 Å². The van der Waals surface area contributed by atoms with Crippen LogP contribution in [0.3, 0.4) is 0 Å². The molecule has 4 bridgehead atoms. The second-order valence-electron chi connectivity index (χ2n) is 6.75. The van der Waals surface area contributed by atoms with Gasteiger partial charge in [-0.05, 0) is 0 Å². The summed E-state index contributed by atoms with van der Waals surface area (Å²) in [5, 5.41) is 2.08. The van der Waals surface area contributed by atoms with Gasteiger partial charge in [0.05, 0.1) is 0 Å². The molecule has 1 saturated heterocycles. The van der Waals surface area contributed by atoms with E-state index in [2.05, 4.69) is 41.5 Å². The Labute approximate surface area is 161 Å². The molecule has 4 heterocycles. The number of carbonyl (C=O) groups is 2. The SMILES string of the molecule is Cc1ncsc1CC[C]1=Cc2c3ccc[c]2[In]1[CH]3C1SC(=O)NC1=O. The first kappa shape index (κ1) is 16.1. The first-order chi connectivity index (χ1) is 12.1. The van der Waals surface area contributed by atoms with Crippen LogP contribution in [0.15, 0.2) is 27.0 Å². The molecular weight excluding hydrogens is 455 g/mol. The first-order valence-electron chi connectivity index (χ1n) is 8.37. The number of hydrogen-bond acceptors (Lipinski definition) is 5. The van der Waals surface area contributed by atoms with Crippen molar-refractivity contribution in [1.29, 1.82) is 0 Å². The number of thiazole rings is 1. The van der Waals surface area contributed by atoms with Gasteiger partial charge in [0.2, 0.25) is 0 Å². The second kappa shape index (κ2) is 5.99. The van der Waals surface area contributed by atoms with Gasteiger partial charge in [0, 0.05) is 0 Å². The van der Waals surface area contributed by atoms with Crippen molar-refractivity contribution in [2.24, 2.45) is 0 Å². The number of amides is 2. The Morgan fingerprint density at radius 2 is 2.16 bits per heavy atom. The van der Waals surface area contributed by atoms with Crippen molar-refractivity contribution in [3.05, 3.63) is 48.7 Å². The van der Waals surface area contributed by atoms with Crippen molar-refractivity contribution >= 4 is 65.1 Å². The van der Waals surface area contributed by atoms with E-state index in [1.165, 1.54) is 31.1 Å². The summed E-state index contributed by atoms with van der Waals surface area (Å²) in [4.78, 5) is 29.7. The number of thioether (sulfide) groups is 1. The molecule has 2 aromatic rings. The van der Waals surface area contributed by atoms with Gasteiger partial charge < -0.3 is 0 Å². The van der Waals surface area contributed by atoms with Gasteiger partial charge in [-0.2, -0.15) is 0 Å². The number of imide groups is 1. The summed E-state index contributed by atoms with van der Waals surface area (Å²) in [5.41, 5.74) is 5.75. The van der Waals surface area contributed by atoms with Crippen LogP contribution in [0.2, 0.25) is 0 Å². The molecule has 7 heteroatoms. The van der Waals surface area contributed by atoms with E-state index in [4.69, 9.17) is 0 Å². The number of nitrogens with one attached hydrogen (secondary N) is 1. The normalized spacial score (nSPS) is 23.4. The molecule has 1 N–H and O–H groups in total. The van der Waals surface area contributed by atoms with Crippen LogP contribution >= 0.6 is 23.1 Å². The fourth-order valence-electron chi connectivity index (χ4n) is 4.40. The molecule has 124 valence electrons. The zero-order valence-electron chi connectivity index (χ0n) is 13.6. The Balaban J connectivity index is 1.46. The Morgan fingerprint density at radius 3 is 2.84 bits per heavy atom. The molecule has 0 radical (unpaired) electrons. The van der Waals surface area contributed by atoms with E-state index in [1.54, 1.807) is 14.7 Å². The third-order valence-electron chi connectivity index (χ3n) is 5.49. The van der Waals surface area contributed by atoms with Gasteiger partial charge in [-0.25, -0.2) is 0 Å². The van der Waals surface area contributed by atoms with Crippen LogP contribution in [-0.4, -0.2) is 42.8 Å². The molecule has 1 aromatic heterocycles. The monoisotopic (exact) mass is 470 g/mol. The van der Waals surface area contributed by atoms with Crippen LogP contribution in [0.25, 0.3) is 6.08 Å². The van der Waals surface area contributed by atoms with Crippen molar-refractivity contribution < 1.29 is 9.59 Å². The summed E-state index contributed by atoms with van der Waals surface area (Å²) in [7, 11) is 0.